The monoisotopic (exact) mass is 214 g/mol. The number of rotatable bonds is 3. The van der Waals surface area contributed by atoms with E-state index in [1.165, 1.54) is 0 Å². The molecule has 0 bridgehead atoms. The summed E-state index contributed by atoms with van der Waals surface area (Å²) in [6, 6.07) is 0. The van der Waals surface area contributed by atoms with Crippen LogP contribution in [0, 0.1) is 0 Å². The smallest absolute Gasteiger partial charge is 0.240 e. The lowest BCUT2D eigenvalue weighted by atomic mass is 9.77. The average molecular weight is 214 g/mol. The summed E-state index contributed by atoms with van der Waals surface area (Å²) in [6.07, 6.45) is 3.07. The van der Waals surface area contributed by atoms with E-state index in [1.54, 1.807) is 0 Å². The molecule has 4 N–H and O–H groups in total. The van der Waals surface area contributed by atoms with Gasteiger partial charge in [0.1, 0.15) is 5.60 Å². The second-order valence-electron chi connectivity index (χ2n) is 4.72. The maximum atomic E-state index is 11.7. The first kappa shape index (κ1) is 10.9. The Hall–Kier alpha value is -0.650. The number of hydrogen-bond acceptors (Lipinski definition) is 4. The first-order valence-electron chi connectivity index (χ1n) is 5.42. The van der Waals surface area contributed by atoms with Crippen molar-refractivity contribution in [2.75, 3.05) is 19.8 Å². The minimum Gasteiger partial charge on any atom is -0.386 e. The Bertz CT molecular complexity index is 257. The number of nitrogens with one attached hydrogen (secondary N) is 1. The van der Waals surface area contributed by atoms with Crippen LogP contribution in [0.2, 0.25) is 0 Å². The van der Waals surface area contributed by atoms with Crippen LogP contribution in [0.5, 0.6) is 0 Å². The van der Waals surface area contributed by atoms with Gasteiger partial charge in [-0.15, -0.1) is 0 Å². The van der Waals surface area contributed by atoms with E-state index >= 15 is 0 Å². The molecule has 1 aliphatic carbocycles. The fourth-order valence-corrected chi connectivity index (χ4v) is 1.94. The molecule has 0 aromatic heterocycles. The van der Waals surface area contributed by atoms with Crippen LogP contribution in [-0.4, -0.2) is 41.9 Å². The van der Waals surface area contributed by atoms with Crippen molar-refractivity contribution in [1.29, 1.82) is 0 Å². The van der Waals surface area contributed by atoms with Crippen molar-refractivity contribution in [3.63, 3.8) is 0 Å². The van der Waals surface area contributed by atoms with Crippen LogP contribution >= 0.6 is 0 Å². The summed E-state index contributed by atoms with van der Waals surface area (Å²) in [6.45, 7) is 1.09. The summed E-state index contributed by atoms with van der Waals surface area (Å²) in [5.74, 6) is -0.144. The second kappa shape index (κ2) is 3.73. The van der Waals surface area contributed by atoms with Gasteiger partial charge >= 0.3 is 0 Å². The Morgan fingerprint density at radius 3 is 2.67 bits per heavy atom. The molecule has 2 aliphatic rings. The van der Waals surface area contributed by atoms with Gasteiger partial charge in [0.25, 0.3) is 0 Å². The lowest BCUT2D eigenvalue weighted by molar-refractivity contribution is -0.130. The Balaban J connectivity index is 1.80. The normalized spacial score (nSPS) is 33.5. The third-order valence-corrected chi connectivity index (χ3v) is 3.36. The van der Waals surface area contributed by atoms with E-state index in [-0.39, 0.29) is 12.5 Å². The lowest BCUT2D eigenvalue weighted by Gasteiger charge is -2.37. The topological polar surface area (TPSA) is 84.6 Å². The van der Waals surface area contributed by atoms with Crippen LogP contribution in [0.3, 0.4) is 0 Å². The lowest BCUT2D eigenvalue weighted by Crippen LogP contribution is -2.60. The van der Waals surface area contributed by atoms with E-state index in [0.29, 0.717) is 19.6 Å². The molecular weight excluding hydrogens is 196 g/mol. The highest BCUT2D eigenvalue weighted by Crippen LogP contribution is 2.29. The first-order chi connectivity index (χ1) is 7.04. The summed E-state index contributed by atoms with van der Waals surface area (Å²) in [7, 11) is 0. The molecule has 1 atom stereocenters. The van der Waals surface area contributed by atoms with Crippen molar-refractivity contribution < 1.29 is 14.6 Å². The highest BCUT2D eigenvalue weighted by molar-refractivity contribution is 5.87. The fourth-order valence-electron chi connectivity index (χ4n) is 1.94. The number of ether oxygens (including phenoxy) is 1. The fraction of sp³-hybridized carbons (Fsp3) is 0.900. The molecule has 0 aromatic carbocycles. The Kier molecular flexibility index (Phi) is 2.70. The van der Waals surface area contributed by atoms with Gasteiger partial charge in [0.15, 0.2) is 0 Å². The zero-order valence-electron chi connectivity index (χ0n) is 8.79. The van der Waals surface area contributed by atoms with Crippen molar-refractivity contribution in [2.45, 2.75) is 36.8 Å². The van der Waals surface area contributed by atoms with Gasteiger partial charge in [-0.25, -0.2) is 0 Å². The summed E-state index contributed by atoms with van der Waals surface area (Å²) in [4.78, 5) is 11.7. The molecule has 1 saturated carbocycles. The average Bonchev–Trinajstić information content (AvgIpc) is 2.58. The van der Waals surface area contributed by atoms with Crippen LogP contribution in [0.25, 0.3) is 0 Å². The summed E-state index contributed by atoms with van der Waals surface area (Å²) >= 11 is 0. The second-order valence-corrected chi connectivity index (χ2v) is 4.72. The van der Waals surface area contributed by atoms with Gasteiger partial charge in [-0.3, -0.25) is 4.79 Å². The van der Waals surface area contributed by atoms with E-state index in [2.05, 4.69) is 5.32 Å². The molecule has 2 fully saturated rings. The van der Waals surface area contributed by atoms with E-state index in [9.17, 15) is 9.90 Å². The standard InChI is InChI=1S/C10H18N2O3/c11-10(2-1-3-10)8(13)12-6-9(14)4-5-15-7-9/h14H,1-7,11H2,(H,12,13). The van der Waals surface area contributed by atoms with Crippen LogP contribution in [0.1, 0.15) is 25.7 Å². The molecule has 1 amide bonds. The summed E-state index contributed by atoms with van der Waals surface area (Å²) < 4.78 is 5.09. The van der Waals surface area contributed by atoms with Gasteiger partial charge < -0.3 is 20.9 Å². The van der Waals surface area contributed by atoms with Crippen molar-refractivity contribution >= 4 is 5.91 Å². The van der Waals surface area contributed by atoms with Crippen molar-refractivity contribution in [3.05, 3.63) is 0 Å². The molecule has 5 heteroatoms. The van der Waals surface area contributed by atoms with Crippen LogP contribution < -0.4 is 11.1 Å². The number of amides is 1. The van der Waals surface area contributed by atoms with Crippen molar-refractivity contribution in [2.24, 2.45) is 5.73 Å². The number of aliphatic hydroxyl groups is 1. The minimum atomic E-state index is -0.893. The maximum Gasteiger partial charge on any atom is 0.240 e. The van der Waals surface area contributed by atoms with E-state index < -0.39 is 11.1 Å². The molecule has 1 unspecified atom stereocenters. The van der Waals surface area contributed by atoms with Gasteiger partial charge in [-0.05, 0) is 19.3 Å². The third-order valence-electron chi connectivity index (χ3n) is 3.36. The van der Waals surface area contributed by atoms with Crippen LogP contribution in [0.4, 0.5) is 0 Å². The maximum absolute atomic E-state index is 11.7. The van der Waals surface area contributed by atoms with E-state index in [4.69, 9.17) is 10.5 Å². The summed E-state index contributed by atoms with van der Waals surface area (Å²) in [5, 5.41) is 12.6. The number of nitrogens with two attached hydrogens (primary N) is 1. The van der Waals surface area contributed by atoms with Gasteiger partial charge in [0.2, 0.25) is 5.91 Å². The highest BCUT2D eigenvalue weighted by atomic mass is 16.5. The summed E-state index contributed by atoms with van der Waals surface area (Å²) in [5.41, 5.74) is 4.27. The Labute approximate surface area is 89.0 Å². The van der Waals surface area contributed by atoms with Gasteiger partial charge in [-0.1, -0.05) is 0 Å². The van der Waals surface area contributed by atoms with Crippen LogP contribution in [-0.2, 0) is 9.53 Å². The predicted octanol–water partition coefficient (Wildman–Crippen LogP) is -0.865. The van der Waals surface area contributed by atoms with Gasteiger partial charge in [0, 0.05) is 19.6 Å². The zero-order chi connectivity index (χ0) is 10.9. The van der Waals surface area contributed by atoms with Gasteiger partial charge in [0.05, 0.1) is 12.1 Å². The number of carbonyl (C=O) groups is 1. The molecule has 15 heavy (non-hydrogen) atoms. The molecule has 86 valence electrons. The molecule has 1 heterocycles. The Morgan fingerprint density at radius 1 is 1.47 bits per heavy atom. The van der Waals surface area contributed by atoms with Gasteiger partial charge in [-0.2, -0.15) is 0 Å². The molecule has 0 radical (unpaired) electrons. The molecule has 2 rings (SSSR count). The Morgan fingerprint density at radius 2 is 2.20 bits per heavy atom. The van der Waals surface area contributed by atoms with Crippen molar-refractivity contribution in [3.8, 4) is 0 Å². The molecule has 5 nitrogen and oxygen atoms in total. The predicted molar refractivity (Wildman–Crippen MR) is 54.2 cm³/mol. The zero-order valence-corrected chi connectivity index (χ0v) is 8.79. The van der Waals surface area contributed by atoms with Crippen LogP contribution in [0.15, 0.2) is 0 Å². The van der Waals surface area contributed by atoms with E-state index in [0.717, 1.165) is 19.3 Å². The van der Waals surface area contributed by atoms with Crippen molar-refractivity contribution in [1.82, 2.24) is 5.32 Å². The number of carbonyl (C=O) groups excluding carboxylic acids is 1. The van der Waals surface area contributed by atoms with E-state index in [1.807, 2.05) is 0 Å². The molecule has 1 saturated heterocycles. The molecule has 0 aromatic rings. The molecule has 1 aliphatic heterocycles. The SMILES string of the molecule is NC1(C(=O)NCC2(O)CCOC2)CCC1. The minimum absolute atomic E-state index is 0.144. The first-order valence-corrected chi connectivity index (χ1v) is 5.42. The highest BCUT2D eigenvalue weighted by Gasteiger charge is 2.41. The quantitative estimate of drug-likeness (QED) is 0.570. The molecular formula is C10H18N2O3. The molecule has 0 spiro atoms. The largest absolute Gasteiger partial charge is 0.386 e. The number of hydrogen-bond donors (Lipinski definition) is 3. The third kappa shape index (κ3) is 2.14.